The molecule has 3 fully saturated rings. The molecule has 1 N–H and O–H groups in total. The number of rotatable bonds is 6. The fraction of sp³-hybridized carbons (Fsp3) is 0.696. The summed E-state index contributed by atoms with van der Waals surface area (Å²) in [5.41, 5.74) is 1.75. The van der Waals surface area contributed by atoms with E-state index < -0.39 is 0 Å². The highest BCUT2D eigenvalue weighted by molar-refractivity contribution is 14.0. The largest absolute Gasteiger partial charge is 0.381 e. The quantitative estimate of drug-likeness (QED) is 0.267. The van der Waals surface area contributed by atoms with Gasteiger partial charge in [0.05, 0.1) is 6.61 Å². The molecule has 1 spiro atoms. The number of hydrogen-bond acceptors (Lipinski definition) is 4. The van der Waals surface area contributed by atoms with Gasteiger partial charge in [-0.15, -0.1) is 24.0 Å². The first kappa shape index (κ1) is 23.6. The maximum absolute atomic E-state index is 5.65. The van der Waals surface area contributed by atoms with Crippen LogP contribution in [-0.2, 0) is 4.74 Å². The Morgan fingerprint density at radius 1 is 1.07 bits per heavy atom. The van der Waals surface area contributed by atoms with E-state index in [0.717, 1.165) is 51.9 Å². The summed E-state index contributed by atoms with van der Waals surface area (Å²) in [6, 6.07) is 10.8. The zero-order chi connectivity index (χ0) is 19.9. The number of ether oxygens (including phenoxy) is 1. The molecular formula is C23H38IN5O. The molecular weight excluding hydrogens is 489 g/mol. The molecule has 0 saturated carbocycles. The number of guanidine groups is 1. The minimum Gasteiger partial charge on any atom is -0.381 e. The van der Waals surface area contributed by atoms with Gasteiger partial charge in [0.15, 0.2) is 5.96 Å². The number of anilines is 1. The maximum Gasteiger partial charge on any atom is 0.193 e. The van der Waals surface area contributed by atoms with Crippen LogP contribution in [0.15, 0.2) is 35.3 Å². The highest BCUT2D eigenvalue weighted by Gasteiger charge is 2.42. The zero-order valence-corrected chi connectivity index (χ0v) is 20.7. The van der Waals surface area contributed by atoms with E-state index in [0.29, 0.717) is 5.41 Å². The van der Waals surface area contributed by atoms with Crippen LogP contribution >= 0.6 is 24.0 Å². The van der Waals surface area contributed by atoms with Crippen molar-refractivity contribution in [1.82, 2.24) is 15.1 Å². The second-order valence-corrected chi connectivity index (χ2v) is 8.82. The van der Waals surface area contributed by atoms with Crippen LogP contribution in [0.4, 0.5) is 5.69 Å². The Kier molecular flexibility index (Phi) is 9.07. The van der Waals surface area contributed by atoms with Crippen molar-refractivity contribution < 1.29 is 4.74 Å². The molecule has 1 aromatic carbocycles. The third-order valence-corrected chi connectivity index (χ3v) is 6.81. The molecule has 0 amide bonds. The highest BCUT2D eigenvalue weighted by Crippen LogP contribution is 2.38. The fourth-order valence-electron chi connectivity index (χ4n) is 4.95. The average molecular weight is 527 g/mol. The lowest BCUT2D eigenvalue weighted by molar-refractivity contribution is 0.156. The number of piperazine rings is 1. The SMILES string of the molecule is CN=C(NCCCCN1CCN(c2ccccc2)CC1)N1CCC2(CCOC2)C1.I. The van der Waals surface area contributed by atoms with Crippen LogP contribution in [0.1, 0.15) is 25.7 Å². The van der Waals surface area contributed by atoms with Crippen LogP contribution in [0, 0.1) is 5.41 Å². The lowest BCUT2D eigenvalue weighted by Crippen LogP contribution is -2.46. The molecule has 1 aromatic rings. The number of nitrogens with one attached hydrogen (secondary N) is 1. The van der Waals surface area contributed by atoms with Crippen molar-refractivity contribution in [2.24, 2.45) is 10.4 Å². The van der Waals surface area contributed by atoms with Gasteiger partial charge in [0.1, 0.15) is 0 Å². The summed E-state index contributed by atoms with van der Waals surface area (Å²) in [5, 5.41) is 3.59. The fourth-order valence-corrected chi connectivity index (χ4v) is 4.95. The minimum absolute atomic E-state index is 0. The average Bonchev–Trinajstić information content (AvgIpc) is 3.41. The van der Waals surface area contributed by atoms with Gasteiger partial charge in [-0.3, -0.25) is 9.89 Å². The van der Waals surface area contributed by atoms with Gasteiger partial charge < -0.3 is 19.9 Å². The third kappa shape index (κ3) is 6.01. The number of para-hydroxylation sites is 1. The Morgan fingerprint density at radius 3 is 2.57 bits per heavy atom. The van der Waals surface area contributed by atoms with E-state index in [-0.39, 0.29) is 24.0 Å². The van der Waals surface area contributed by atoms with Gasteiger partial charge in [0, 0.05) is 70.6 Å². The van der Waals surface area contributed by atoms with E-state index in [4.69, 9.17) is 4.74 Å². The van der Waals surface area contributed by atoms with E-state index in [1.54, 1.807) is 0 Å². The topological polar surface area (TPSA) is 43.3 Å². The van der Waals surface area contributed by atoms with Crippen molar-refractivity contribution in [3.8, 4) is 0 Å². The Hall–Kier alpha value is -1.06. The van der Waals surface area contributed by atoms with E-state index in [2.05, 4.69) is 55.3 Å². The maximum atomic E-state index is 5.65. The Balaban J connectivity index is 0.00000256. The number of nitrogens with zero attached hydrogens (tertiary/aromatic N) is 4. The molecule has 1 atom stereocenters. The van der Waals surface area contributed by atoms with E-state index in [1.165, 1.54) is 51.0 Å². The Bertz CT molecular complexity index is 657. The molecule has 4 rings (SSSR count). The van der Waals surface area contributed by atoms with Crippen molar-refractivity contribution in [2.75, 3.05) is 77.5 Å². The second kappa shape index (κ2) is 11.5. The first-order chi connectivity index (χ1) is 14.3. The normalized spacial score (nSPS) is 25.0. The number of aliphatic imine (C=N–C) groups is 1. The number of unbranched alkanes of at least 4 members (excludes halogenated alkanes) is 1. The first-order valence-corrected chi connectivity index (χ1v) is 11.3. The number of benzene rings is 1. The molecule has 0 aromatic heterocycles. The number of likely N-dealkylation sites (tertiary alicyclic amines) is 1. The molecule has 0 bridgehead atoms. The monoisotopic (exact) mass is 527 g/mol. The summed E-state index contributed by atoms with van der Waals surface area (Å²) in [4.78, 5) is 12.1. The van der Waals surface area contributed by atoms with Crippen molar-refractivity contribution in [3.63, 3.8) is 0 Å². The molecule has 0 aliphatic carbocycles. The van der Waals surface area contributed by atoms with Gasteiger partial charge in [-0.05, 0) is 44.4 Å². The molecule has 30 heavy (non-hydrogen) atoms. The number of halogens is 1. The summed E-state index contributed by atoms with van der Waals surface area (Å²) in [6.45, 7) is 10.9. The highest BCUT2D eigenvalue weighted by atomic mass is 127. The lowest BCUT2D eigenvalue weighted by Gasteiger charge is -2.36. The van der Waals surface area contributed by atoms with Crippen LogP contribution in [0.5, 0.6) is 0 Å². The summed E-state index contributed by atoms with van der Waals surface area (Å²) in [5.74, 6) is 1.07. The lowest BCUT2D eigenvalue weighted by atomic mass is 9.87. The van der Waals surface area contributed by atoms with Crippen LogP contribution in [0.25, 0.3) is 0 Å². The first-order valence-electron chi connectivity index (χ1n) is 11.3. The summed E-state index contributed by atoms with van der Waals surface area (Å²) < 4.78 is 5.65. The number of hydrogen-bond donors (Lipinski definition) is 1. The van der Waals surface area contributed by atoms with Gasteiger partial charge in [-0.1, -0.05) is 18.2 Å². The summed E-state index contributed by atoms with van der Waals surface area (Å²) >= 11 is 0. The molecule has 3 saturated heterocycles. The van der Waals surface area contributed by atoms with Gasteiger partial charge in [0.25, 0.3) is 0 Å². The van der Waals surface area contributed by atoms with Crippen molar-refractivity contribution >= 4 is 35.6 Å². The van der Waals surface area contributed by atoms with Crippen molar-refractivity contribution in [3.05, 3.63) is 30.3 Å². The smallest absolute Gasteiger partial charge is 0.193 e. The molecule has 168 valence electrons. The van der Waals surface area contributed by atoms with E-state index in [9.17, 15) is 0 Å². The van der Waals surface area contributed by atoms with Gasteiger partial charge in [-0.2, -0.15) is 0 Å². The molecule has 3 heterocycles. The Morgan fingerprint density at radius 2 is 1.87 bits per heavy atom. The summed E-state index contributed by atoms with van der Waals surface area (Å²) in [7, 11) is 1.91. The predicted molar refractivity (Wildman–Crippen MR) is 135 cm³/mol. The van der Waals surface area contributed by atoms with Gasteiger partial charge in [0.2, 0.25) is 0 Å². The van der Waals surface area contributed by atoms with E-state index in [1.807, 2.05) is 7.05 Å². The third-order valence-electron chi connectivity index (χ3n) is 6.81. The molecule has 6 nitrogen and oxygen atoms in total. The van der Waals surface area contributed by atoms with Crippen LogP contribution < -0.4 is 10.2 Å². The standard InChI is InChI=1S/C23H37N5O.HI/c1-24-22(28-13-9-23(19-28)10-18-29-20-23)25-11-5-6-12-26-14-16-27(17-15-26)21-7-3-2-4-8-21;/h2-4,7-8H,5-6,9-20H2,1H3,(H,24,25);1H. The van der Waals surface area contributed by atoms with Crippen LogP contribution in [0.2, 0.25) is 0 Å². The van der Waals surface area contributed by atoms with E-state index >= 15 is 0 Å². The van der Waals surface area contributed by atoms with Crippen molar-refractivity contribution in [2.45, 2.75) is 25.7 Å². The van der Waals surface area contributed by atoms with Crippen LogP contribution in [0.3, 0.4) is 0 Å². The zero-order valence-electron chi connectivity index (χ0n) is 18.4. The van der Waals surface area contributed by atoms with Crippen LogP contribution in [-0.4, -0.2) is 88.4 Å². The summed E-state index contributed by atoms with van der Waals surface area (Å²) in [6.07, 6.45) is 4.88. The molecule has 3 aliphatic rings. The Labute approximate surface area is 199 Å². The molecule has 1 unspecified atom stereocenters. The predicted octanol–water partition coefficient (Wildman–Crippen LogP) is 2.89. The minimum atomic E-state index is 0. The van der Waals surface area contributed by atoms with Gasteiger partial charge in [-0.25, -0.2) is 0 Å². The second-order valence-electron chi connectivity index (χ2n) is 8.82. The molecule has 3 aliphatic heterocycles. The molecule has 7 heteroatoms. The molecule has 0 radical (unpaired) electrons. The van der Waals surface area contributed by atoms with Crippen molar-refractivity contribution in [1.29, 1.82) is 0 Å². The van der Waals surface area contributed by atoms with Gasteiger partial charge >= 0.3 is 0 Å².